The van der Waals surface area contributed by atoms with E-state index in [4.69, 9.17) is 5.26 Å². The summed E-state index contributed by atoms with van der Waals surface area (Å²) in [5.74, 6) is 0. The van der Waals surface area contributed by atoms with Crippen molar-refractivity contribution in [2.45, 2.75) is 33.6 Å². The molecule has 17 heavy (non-hydrogen) atoms. The molecule has 1 aromatic rings. The van der Waals surface area contributed by atoms with Crippen molar-refractivity contribution in [2.24, 2.45) is 5.41 Å². The first-order valence-corrected chi connectivity index (χ1v) is 6.14. The maximum absolute atomic E-state index is 8.95. The van der Waals surface area contributed by atoms with Crippen LogP contribution in [0.3, 0.4) is 0 Å². The van der Waals surface area contributed by atoms with Gasteiger partial charge in [-0.05, 0) is 51.3 Å². The molecule has 0 N–H and O–H groups in total. The van der Waals surface area contributed by atoms with Gasteiger partial charge in [0.1, 0.15) is 0 Å². The van der Waals surface area contributed by atoms with E-state index in [1.807, 2.05) is 13.8 Å². The number of nitriles is 1. The summed E-state index contributed by atoms with van der Waals surface area (Å²) in [7, 11) is 2.11. The Morgan fingerprint density at radius 2 is 2.06 bits per heavy atom. The van der Waals surface area contributed by atoms with Gasteiger partial charge in [-0.15, -0.1) is 0 Å². The summed E-state index contributed by atoms with van der Waals surface area (Å²) in [6.45, 7) is 7.10. The standard InChI is InChI=1S/C15H22N2/c1-13-7-5-8-14(11-13)17(4)10-6-9-15(2,3)12-16/h5,7-8,11H,6,9-10H2,1-4H3. The quantitative estimate of drug-likeness (QED) is 0.770. The zero-order valence-electron chi connectivity index (χ0n) is 11.3. The van der Waals surface area contributed by atoms with Crippen LogP contribution in [0.2, 0.25) is 0 Å². The topological polar surface area (TPSA) is 27.0 Å². The number of nitrogens with zero attached hydrogens (tertiary/aromatic N) is 2. The molecule has 2 heteroatoms. The largest absolute Gasteiger partial charge is 0.375 e. The normalized spacial score (nSPS) is 11.0. The smallest absolute Gasteiger partial charge is 0.0683 e. The van der Waals surface area contributed by atoms with Crippen molar-refractivity contribution in [1.82, 2.24) is 0 Å². The van der Waals surface area contributed by atoms with Crippen molar-refractivity contribution in [1.29, 1.82) is 5.26 Å². The molecular weight excluding hydrogens is 208 g/mol. The first-order valence-electron chi connectivity index (χ1n) is 6.14. The number of aryl methyl sites for hydroxylation is 1. The van der Waals surface area contributed by atoms with Crippen LogP contribution < -0.4 is 4.90 Å². The molecule has 0 aliphatic carbocycles. The van der Waals surface area contributed by atoms with Crippen molar-refractivity contribution in [3.05, 3.63) is 29.8 Å². The first kappa shape index (κ1) is 13.6. The van der Waals surface area contributed by atoms with Gasteiger partial charge in [-0.1, -0.05) is 12.1 Å². The van der Waals surface area contributed by atoms with Crippen LogP contribution in [0, 0.1) is 23.7 Å². The maximum Gasteiger partial charge on any atom is 0.0683 e. The van der Waals surface area contributed by atoms with Gasteiger partial charge in [0.2, 0.25) is 0 Å². The molecule has 0 aromatic heterocycles. The van der Waals surface area contributed by atoms with Crippen LogP contribution in [0.25, 0.3) is 0 Å². The number of rotatable bonds is 5. The molecule has 0 amide bonds. The molecule has 0 heterocycles. The van der Waals surface area contributed by atoms with E-state index in [9.17, 15) is 0 Å². The lowest BCUT2D eigenvalue weighted by Crippen LogP contribution is -2.20. The molecule has 92 valence electrons. The minimum absolute atomic E-state index is 0.201. The van der Waals surface area contributed by atoms with Crippen LogP contribution in [-0.4, -0.2) is 13.6 Å². The Kier molecular flexibility index (Phi) is 4.57. The molecule has 0 fully saturated rings. The third-order valence-electron chi connectivity index (χ3n) is 3.04. The summed E-state index contributed by atoms with van der Waals surface area (Å²) in [6.07, 6.45) is 1.99. The lowest BCUT2D eigenvalue weighted by atomic mass is 9.90. The van der Waals surface area contributed by atoms with Crippen LogP contribution in [0.4, 0.5) is 5.69 Å². The van der Waals surface area contributed by atoms with Crippen LogP contribution in [0.5, 0.6) is 0 Å². The second-order valence-corrected chi connectivity index (χ2v) is 5.36. The van der Waals surface area contributed by atoms with E-state index in [-0.39, 0.29) is 5.41 Å². The number of hydrogen-bond donors (Lipinski definition) is 0. The summed E-state index contributed by atoms with van der Waals surface area (Å²) in [5, 5.41) is 8.95. The van der Waals surface area contributed by atoms with Gasteiger partial charge >= 0.3 is 0 Å². The van der Waals surface area contributed by atoms with Crippen molar-refractivity contribution in [3.63, 3.8) is 0 Å². The fourth-order valence-corrected chi connectivity index (χ4v) is 1.81. The van der Waals surface area contributed by atoms with E-state index < -0.39 is 0 Å². The second kappa shape index (κ2) is 5.72. The summed E-state index contributed by atoms with van der Waals surface area (Å²) >= 11 is 0. The molecule has 2 nitrogen and oxygen atoms in total. The lowest BCUT2D eigenvalue weighted by Gasteiger charge is -2.22. The first-order chi connectivity index (χ1) is 7.94. The third kappa shape index (κ3) is 4.48. The molecule has 0 spiro atoms. The second-order valence-electron chi connectivity index (χ2n) is 5.36. The van der Waals surface area contributed by atoms with Gasteiger partial charge in [-0.3, -0.25) is 0 Å². The molecule has 0 bridgehead atoms. The molecule has 0 aliphatic heterocycles. The fourth-order valence-electron chi connectivity index (χ4n) is 1.81. The van der Waals surface area contributed by atoms with Gasteiger partial charge in [0.25, 0.3) is 0 Å². The molecule has 0 saturated heterocycles. The SMILES string of the molecule is Cc1cccc(N(C)CCCC(C)(C)C#N)c1. The van der Waals surface area contributed by atoms with Crippen LogP contribution >= 0.6 is 0 Å². The van der Waals surface area contributed by atoms with E-state index in [0.717, 1.165) is 19.4 Å². The van der Waals surface area contributed by atoms with Gasteiger partial charge < -0.3 is 4.90 Å². The lowest BCUT2D eigenvalue weighted by molar-refractivity contribution is 0.436. The van der Waals surface area contributed by atoms with E-state index in [2.05, 4.69) is 49.2 Å². The van der Waals surface area contributed by atoms with E-state index in [1.165, 1.54) is 11.3 Å². The molecule has 0 unspecified atom stereocenters. The molecule has 0 aliphatic rings. The fraction of sp³-hybridized carbons (Fsp3) is 0.533. The van der Waals surface area contributed by atoms with Crippen molar-refractivity contribution >= 4 is 5.69 Å². The average molecular weight is 230 g/mol. The third-order valence-corrected chi connectivity index (χ3v) is 3.04. The van der Waals surface area contributed by atoms with Crippen LogP contribution in [0.1, 0.15) is 32.3 Å². The number of benzene rings is 1. The number of hydrogen-bond acceptors (Lipinski definition) is 2. The minimum atomic E-state index is -0.201. The highest BCUT2D eigenvalue weighted by Gasteiger charge is 2.16. The summed E-state index contributed by atoms with van der Waals surface area (Å²) < 4.78 is 0. The van der Waals surface area contributed by atoms with Crippen LogP contribution in [0.15, 0.2) is 24.3 Å². The average Bonchev–Trinajstić information content (AvgIpc) is 2.28. The molecule has 1 rings (SSSR count). The zero-order valence-corrected chi connectivity index (χ0v) is 11.3. The molecule has 0 atom stereocenters. The Morgan fingerprint density at radius 3 is 2.65 bits per heavy atom. The summed E-state index contributed by atoms with van der Waals surface area (Å²) in [5.41, 5.74) is 2.33. The van der Waals surface area contributed by atoms with Gasteiger partial charge in [-0.2, -0.15) is 5.26 Å². The van der Waals surface area contributed by atoms with Crippen molar-refractivity contribution < 1.29 is 0 Å². The Labute approximate surface area is 105 Å². The Morgan fingerprint density at radius 1 is 1.35 bits per heavy atom. The summed E-state index contributed by atoms with van der Waals surface area (Å²) in [4.78, 5) is 2.25. The van der Waals surface area contributed by atoms with E-state index in [1.54, 1.807) is 0 Å². The molecule has 0 saturated carbocycles. The zero-order chi connectivity index (χ0) is 12.9. The minimum Gasteiger partial charge on any atom is -0.375 e. The Bertz CT molecular complexity index is 402. The summed E-state index contributed by atoms with van der Waals surface area (Å²) in [6, 6.07) is 10.9. The predicted molar refractivity (Wildman–Crippen MR) is 73.1 cm³/mol. The van der Waals surface area contributed by atoms with Crippen molar-refractivity contribution in [3.8, 4) is 6.07 Å². The highest BCUT2D eigenvalue weighted by molar-refractivity contribution is 5.47. The molecule has 0 radical (unpaired) electrons. The van der Waals surface area contributed by atoms with Gasteiger partial charge in [0.05, 0.1) is 11.5 Å². The van der Waals surface area contributed by atoms with Crippen molar-refractivity contribution in [2.75, 3.05) is 18.5 Å². The van der Waals surface area contributed by atoms with Gasteiger partial charge in [-0.25, -0.2) is 0 Å². The molecule has 1 aromatic carbocycles. The van der Waals surface area contributed by atoms with Gasteiger partial charge in [0, 0.05) is 19.3 Å². The predicted octanol–water partition coefficient (Wildman–Crippen LogP) is 3.76. The maximum atomic E-state index is 8.95. The highest BCUT2D eigenvalue weighted by atomic mass is 15.1. The van der Waals surface area contributed by atoms with E-state index in [0.29, 0.717) is 0 Å². The Balaban J connectivity index is 2.46. The number of anilines is 1. The van der Waals surface area contributed by atoms with E-state index >= 15 is 0 Å². The van der Waals surface area contributed by atoms with Gasteiger partial charge in [0.15, 0.2) is 0 Å². The Hall–Kier alpha value is -1.49. The molecular formula is C15H22N2. The highest BCUT2D eigenvalue weighted by Crippen LogP contribution is 2.22. The monoisotopic (exact) mass is 230 g/mol. The van der Waals surface area contributed by atoms with Crippen LogP contribution in [-0.2, 0) is 0 Å².